The van der Waals surface area contributed by atoms with Gasteiger partial charge in [-0.25, -0.2) is 0 Å². The summed E-state index contributed by atoms with van der Waals surface area (Å²) in [5.41, 5.74) is 0.431. The molecular formula is C15H20O5S. The lowest BCUT2D eigenvalue weighted by Gasteiger charge is -2.16. The van der Waals surface area contributed by atoms with Crippen molar-refractivity contribution in [1.29, 1.82) is 0 Å². The first-order chi connectivity index (χ1) is 9.57. The zero-order valence-corrected chi connectivity index (χ0v) is 13.4. The van der Waals surface area contributed by atoms with Crippen LogP contribution in [0.1, 0.15) is 33.3 Å². The summed E-state index contributed by atoms with van der Waals surface area (Å²) in [6.07, 6.45) is 1.43. The first-order valence-electron chi connectivity index (χ1n) is 6.43. The van der Waals surface area contributed by atoms with Gasteiger partial charge in [0.15, 0.2) is 0 Å². The second-order valence-electron chi connectivity index (χ2n) is 5.78. The molecule has 0 N–H and O–H groups in total. The predicted octanol–water partition coefficient (Wildman–Crippen LogP) is 2.98. The first-order valence-corrected chi connectivity index (χ1v) is 7.91. The minimum absolute atomic E-state index is 0.116. The summed E-state index contributed by atoms with van der Waals surface area (Å²) in [5, 5.41) is 1.01. The highest BCUT2D eigenvalue weighted by Crippen LogP contribution is 2.17. The van der Waals surface area contributed by atoms with Crippen LogP contribution in [-0.4, -0.2) is 21.0 Å². The van der Waals surface area contributed by atoms with E-state index in [1.165, 1.54) is 13.0 Å². The minimum Gasteiger partial charge on any atom is -0.427 e. The first kappa shape index (κ1) is 17.4. The van der Waals surface area contributed by atoms with E-state index in [-0.39, 0.29) is 12.0 Å². The van der Waals surface area contributed by atoms with Gasteiger partial charge in [0.2, 0.25) is 0 Å². The van der Waals surface area contributed by atoms with Crippen molar-refractivity contribution in [2.75, 3.05) is 6.61 Å². The third-order valence-electron chi connectivity index (χ3n) is 2.23. The SMILES string of the molecule is CC(=O)Oc1ccc(/C=C/S(=O)(=O)OCC(C)(C)C)cc1. The Balaban J connectivity index is 2.69. The molecule has 5 nitrogen and oxygen atoms in total. The number of carbonyl (C=O) groups is 1. The van der Waals surface area contributed by atoms with E-state index in [1.54, 1.807) is 24.3 Å². The summed E-state index contributed by atoms with van der Waals surface area (Å²) in [6, 6.07) is 6.47. The van der Waals surface area contributed by atoms with E-state index in [4.69, 9.17) is 8.92 Å². The van der Waals surface area contributed by atoms with Crippen molar-refractivity contribution in [2.45, 2.75) is 27.7 Å². The molecular weight excluding hydrogens is 292 g/mol. The highest BCUT2D eigenvalue weighted by atomic mass is 32.2. The Labute approximate surface area is 125 Å². The Morgan fingerprint density at radius 3 is 2.24 bits per heavy atom. The molecule has 6 heteroatoms. The van der Waals surface area contributed by atoms with Crippen LogP contribution in [0.3, 0.4) is 0 Å². The standard InChI is InChI=1S/C15H20O5S/c1-12(16)20-14-7-5-13(6-8-14)9-10-21(17,18)19-11-15(2,3)4/h5-10H,11H2,1-4H3/b10-9+. The van der Waals surface area contributed by atoms with Crippen LogP contribution in [0.15, 0.2) is 29.7 Å². The Morgan fingerprint density at radius 1 is 1.19 bits per heavy atom. The van der Waals surface area contributed by atoms with Crippen LogP contribution < -0.4 is 4.74 Å². The Hall–Kier alpha value is -1.66. The fourth-order valence-corrected chi connectivity index (χ4v) is 2.19. The smallest absolute Gasteiger partial charge is 0.308 e. The molecule has 0 aliphatic rings. The van der Waals surface area contributed by atoms with Crippen molar-refractivity contribution in [2.24, 2.45) is 5.41 Å². The van der Waals surface area contributed by atoms with E-state index < -0.39 is 16.1 Å². The van der Waals surface area contributed by atoms with Gasteiger partial charge in [0.1, 0.15) is 5.75 Å². The van der Waals surface area contributed by atoms with Crippen LogP contribution in [0.5, 0.6) is 5.75 Å². The van der Waals surface area contributed by atoms with Crippen LogP contribution in [0.4, 0.5) is 0 Å². The predicted molar refractivity (Wildman–Crippen MR) is 81.1 cm³/mol. The summed E-state index contributed by atoms with van der Waals surface area (Å²) in [6.45, 7) is 7.10. The van der Waals surface area contributed by atoms with Crippen LogP contribution in [0.2, 0.25) is 0 Å². The lowest BCUT2D eigenvalue weighted by molar-refractivity contribution is -0.131. The highest BCUT2D eigenvalue weighted by Gasteiger charge is 2.15. The summed E-state index contributed by atoms with van der Waals surface area (Å²) in [4.78, 5) is 10.8. The lowest BCUT2D eigenvalue weighted by atomic mass is 9.99. The third-order valence-corrected chi connectivity index (χ3v) is 3.14. The molecule has 0 aliphatic carbocycles. The van der Waals surface area contributed by atoms with Gasteiger partial charge in [-0.1, -0.05) is 32.9 Å². The molecule has 0 heterocycles. The van der Waals surface area contributed by atoms with Gasteiger partial charge >= 0.3 is 5.97 Å². The fraction of sp³-hybridized carbons (Fsp3) is 0.400. The van der Waals surface area contributed by atoms with Gasteiger partial charge in [-0.15, -0.1) is 0 Å². The van der Waals surface area contributed by atoms with E-state index in [9.17, 15) is 13.2 Å². The monoisotopic (exact) mass is 312 g/mol. The molecule has 1 aromatic carbocycles. The molecule has 0 radical (unpaired) electrons. The molecule has 1 aromatic rings. The van der Waals surface area contributed by atoms with Gasteiger partial charge in [-0.3, -0.25) is 8.98 Å². The van der Waals surface area contributed by atoms with Crippen molar-refractivity contribution in [3.8, 4) is 5.75 Å². The van der Waals surface area contributed by atoms with Gasteiger partial charge in [-0.2, -0.15) is 8.42 Å². The number of rotatable bonds is 5. The number of carbonyl (C=O) groups excluding carboxylic acids is 1. The summed E-state index contributed by atoms with van der Waals surface area (Å²) < 4.78 is 33.2. The normalized spacial score (nSPS) is 12.6. The van der Waals surface area contributed by atoms with Crippen molar-refractivity contribution in [1.82, 2.24) is 0 Å². The van der Waals surface area contributed by atoms with Gasteiger partial charge in [0.05, 0.1) is 12.0 Å². The molecule has 0 atom stereocenters. The number of esters is 1. The van der Waals surface area contributed by atoms with Crippen LogP contribution in [-0.2, 0) is 19.1 Å². The zero-order valence-electron chi connectivity index (χ0n) is 12.6. The van der Waals surface area contributed by atoms with Crippen molar-refractivity contribution >= 4 is 22.2 Å². The van der Waals surface area contributed by atoms with Gasteiger partial charge in [0.25, 0.3) is 10.1 Å². The maximum atomic E-state index is 11.7. The average Bonchev–Trinajstić information content (AvgIpc) is 2.35. The maximum Gasteiger partial charge on any atom is 0.308 e. The van der Waals surface area contributed by atoms with E-state index >= 15 is 0 Å². The average molecular weight is 312 g/mol. The maximum absolute atomic E-state index is 11.7. The highest BCUT2D eigenvalue weighted by molar-refractivity contribution is 7.89. The molecule has 0 saturated carbocycles. The molecule has 0 bridgehead atoms. The second-order valence-corrected chi connectivity index (χ2v) is 7.27. The molecule has 0 fully saturated rings. The quantitative estimate of drug-likeness (QED) is 0.475. The molecule has 0 saturated heterocycles. The number of benzene rings is 1. The summed E-state index contributed by atoms with van der Waals surface area (Å²) in [7, 11) is -3.71. The topological polar surface area (TPSA) is 69.7 Å². The summed E-state index contributed by atoms with van der Waals surface area (Å²) in [5.74, 6) is 0.00272. The van der Waals surface area contributed by atoms with Crippen molar-refractivity contribution in [3.05, 3.63) is 35.2 Å². The number of ether oxygens (including phenoxy) is 1. The molecule has 116 valence electrons. The van der Waals surface area contributed by atoms with Gasteiger partial charge < -0.3 is 4.74 Å². The lowest BCUT2D eigenvalue weighted by Crippen LogP contribution is -2.17. The zero-order chi connectivity index (χ0) is 16.1. The second kappa shape index (κ2) is 6.87. The Morgan fingerprint density at radius 2 is 1.76 bits per heavy atom. The van der Waals surface area contributed by atoms with E-state index in [1.807, 2.05) is 20.8 Å². The minimum atomic E-state index is -3.71. The third kappa shape index (κ3) is 7.63. The molecule has 0 aliphatic heterocycles. The Bertz CT molecular complexity index is 606. The Kier molecular flexibility index (Phi) is 5.69. The van der Waals surface area contributed by atoms with Gasteiger partial charge in [-0.05, 0) is 29.2 Å². The van der Waals surface area contributed by atoms with Crippen molar-refractivity contribution in [3.63, 3.8) is 0 Å². The van der Waals surface area contributed by atoms with Crippen LogP contribution >= 0.6 is 0 Å². The summed E-state index contributed by atoms with van der Waals surface area (Å²) >= 11 is 0. The van der Waals surface area contributed by atoms with Gasteiger partial charge in [0, 0.05) is 6.92 Å². The number of hydrogen-bond acceptors (Lipinski definition) is 5. The molecule has 0 aromatic heterocycles. The number of hydrogen-bond donors (Lipinski definition) is 0. The van der Waals surface area contributed by atoms with E-state index in [0.29, 0.717) is 11.3 Å². The van der Waals surface area contributed by atoms with E-state index in [2.05, 4.69) is 0 Å². The molecule has 21 heavy (non-hydrogen) atoms. The largest absolute Gasteiger partial charge is 0.427 e. The fourth-order valence-electron chi connectivity index (χ4n) is 1.27. The van der Waals surface area contributed by atoms with Crippen LogP contribution in [0.25, 0.3) is 6.08 Å². The molecule has 0 unspecified atom stereocenters. The molecule has 0 spiro atoms. The molecule has 0 amide bonds. The van der Waals surface area contributed by atoms with Crippen LogP contribution in [0, 0.1) is 5.41 Å². The van der Waals surface area contributed by atoms with E-state index in [0.717, 1.165) is 5.41 Å². The molecule has 1 rings (SSSR count). The van der Waals surface area contributed by atoms with Crippen molar-refractivity contribution < 1.29 is 22.1 Å².